The van der Waals surface area contributed by atoms with Crippen LogP contribution in [0.3, 0.4) is 0 Å². The van der Waals surface area contributed by atoms with Crippen LogP contribution in [0.15, 0.2) is 57.3 Å². The largest absolute Gasteiger partial charge is 0.494 e. The Morgan fingerprint density at radius 1 is 1.29 bits per heavy atom. The van der Waals surface area contributed by atoms with Gasteiger partial charge in [0.15, 0.2) is 0 Å². The minimum atomic E-state index is -1.06. The molecule has 0 spiro atoms. The zero-order chi connectivity index (χ0) is 20.0. The normalized spacial score (nSPS) is 15.2. The number of aromatic nitrogens is 2. The van der Waals surface area contributed by atoms with Crippen molar-refractivity contribution in [2.45, 2.75) is 13.8 Å². The van der Waals surface area contributed by atoms with Crippen LogP contribution in [0.2, 0.25) is 0 Å². The molecule has 4 rings (SSSR count). The van der Waals surface area contributed by atoms with E-state index in [0.29, 0.717) is 28.4 Å². The van der Waals surface area contributed by atoms with Crippen LogP contribution < -0.4 is 0 Å². The summed E-state index contributed by atoms with van der Waals surface area (Å²) in [6.45, 7) is 4.01. The van der Waals surface area contributed by atoms with E-state index in [1.807, 2.05) is 38.1 Å². The third-order valence-electron chi connectivity index (χ3n) is 4.67. The van der Waals surface area contributed by atoms with Gasteiger partial charge in [-0.1, -0.05) is 15.9 Å². The van der Waals surface area contributed by atoms with E-state index in [-0.39, 0.29) is 0 Å². The van der Waals surface area contributed by atoms with Crippen LogP contribution in [0.1, 0.15) is 22.6 Å². The molecule has 1 aliphatic heterocycles. The van der Waals surface area contributed by atoms with Crippen molar-refractivity contribution in [3.8, 4) is 0 Å². The number of rotatable bonds is 3. The number of halogens is 1. The van der Waals surface area contributed by atoms with E-state index in [2.05, 4.69) is 32.0 Å². The predicted molar refractivity (Wildman–Crippen MR) is 113 cm³/mol. The molecule has 0 amide bonds. The fourth-order valence-electron chi connectivity index (χ4n) is 3.43. The van der Waals surface area contributed by atoms with Gasteiger partial charge in [-0.05, 0) is 55.8 Å². The number of hydrogen-bond acceptors (Lipinski definition) is 3. The van der Waals surface area contributed by atoms with Gasteiger partial charge < -0.3 is 14.8 Å². The Bertz CT molecular complexity index is 1210. The Labute approximate surface area is 170 Å². The molecule has 0 fully saturated rings. The monoisotopic (exact) mass is 439 g/mol. The number of H-pyrrole nitrogens is 1. The number of aryl methyl sites for hydroxylation is 2. The Hall–Kier alpha value is -3.06. The zero-order valence-electron chi connectivity index (χ0n) is 15.6. The van der Waals surface area contributed by atoms with E-state index in [9.17, 15) is 9.90 Å². The van der Waals surface area contributed by atoms with Crippen LogP contribution in [0.4, 0.5) is 4.79 Å². The highest BCUT2D eigenvalue weighted by atomic mass is 79.9. The van der Waals surface area contributed by atoms with Gasteiger partial charge in [-0.25, -0.2) is 14.4 Å². The summed E-state index contributed by atoms with van der Waals surface area (Å²) in [6, 6.07) is 9.36. The van der Waals surface area contributed by atoms with Gasteiger partial charge in [-0.3, -0.25) is 0 Å². The summed E-state index contributed by atoms with van der Waals surface area (Å²) < 4.78 is 7.62. The fourth-order valence-corrected chi connectivity index (χ4v) is 3.81. The average Bonchev–Trinajstić information content (AvgIpc) is 3.29. The van der Waals surface area contributed by atoms with Gasteiger partial charge in [-0.2, -0.15) is 0 Å². The molecule has 1 aliphatic rings. The molecule has 2 aromatic heterocycles. The smallest absolute Gasteiger partial charge is 0.416 e. The molecule has 0 aliphatic carbocycles. The van der Waals surface area contributed by atoms with Crippen molar-refractivity contribution in [2.75, 3.05) is 7.11 Å². The lowest BCUT2D eigenvalue weighted by Crippen LogP contribution is -2.14. The maximum atomic E-state index is 11.9. The molecule has 0 radical (unpaired) electrons. The number of methoxy groups -OCH3 is 1. The van der Waals surface area contributed by atoms with Crippen molar-refractivity contribution in [2.24, 2.45) is 4.99 Å². The molecular weight excluding hydrogens is 422 g/mol. The van der Waals surface area contributed by atoms with E-state index < -0.39 is 6.09 Å². The number of benzene rings is 1. The number of nitrogens with zero attached hydrogens (tertiary/aromatic N) is 2. The summed E-state index contributed by atoms with van der Waals surface area (Å²) in [5, 5.41) is 10.6. The van der Waals surface area contributed by atoms with Gasteiger partial charge in [0.25, 0.3) is 0 Å². The summed E-state index contributed by atoms with van der Waals surface area (Å²) in [5.74, 6) is 0.588. The quantitative estimate of drug-likeness (QED) is 0.584. The first-order valence-electron chi connectivity index (χ1n) is 8.64. The summed E-state index contributed by atoms with van der Waals surface area (Å²) >= 11 is 3.43. The number of hydrogen-bond donors (Lipinski definition) is 2. The molecule has 2 N–H and O–H groups in total. The summed E-state index contributed by atoms with van der Waals surface area (Å²) in [7, 11) is 1.58. The maximum Gasteiger partial charge on any atom is 0.416 e. The topological polar surface area (TPSA) is 79.6 Å². The first-order chi connectivity index (χ1) is 13.4. The van der Waals surface area contributed by atoms with Crippen LogP contribution in [-0.4, -0.2) is 33.6 Å². The van der Waals surface area contributed by atoms with E-state index >= 15 is 0 Å². The number of fused-ring (bicyclic) bond motifs is 1. The fraction of sp³-hybridized carbons (Fsp3) is 0.143. The lowest BCUT2D eigenvalue weighted by molar-refractivity contribution is 0.197. The first-order valence-corrected chi connectivity index (χ1v) is 9.44. The molecule has 1 aromatic carbocycles. The van der Waals surface area contributed by atoms with Gasteiger partial charge in [0.05, 0.1) is 24.0 Å². The molecule has 0 unspecified atom stereocenters. The molecule has 6 nitrogen and oxygen atoms in total. The van der Waals surface area contributed by atoms with Crippen molar-refractivity contribution < 1.29 is 14.6 Å². The van der Waals surface area contributed by atoms with E-state index in [0.717, 1.165) is 26.8 Å². The Morgan fingerprint density at radius 3 is 2.71 bits per heavy atom. The van der Waals surface area contributed by atoms with Crippen molar-refractivity contribution >= 4 is 44.7 Å². The lowest BCUT2D eigenvalue weighted by atomic mass is 10.2. The maximum absolute atomic E-state index is 11.9. The Kier molecular flexibility index (Phi) is 4.47. The summed E-state index contributed by atoms with van der Waals surface area (Å²) in [6.07, 6.45) is 2.62. The number of aromatic amines is 1. The third-order valence-corrected chi connectivity index (χ3v) is 5.16. The van der Waals surface area contributed by atoms with Crippen molar-refractivity contribution in [1.82, 2.24) is 9.55 Å². The number of ether oxygens (including phenoxy) is 1. The molecule has 0 saturated carbocycles. The lowest BCUT2D eigenvalue weighted by Gasteiger charge is -2.03. The third kappa shape index (κ3) is 3.07. The molecule has 0 bridgehead atoms. The molecule has 0 atom stereocenters. The molecule has 0 saturated heterocycles. The zero-order valence-corrected chi connectivity index (χ0v) is 17.2. The minimum absolute atomic E-state index is 0.498. The van der Waals surface area contributed by atoms with Crippen LogP contribution in [-0.2, 0) is 4.74 Å². The molecular formula is C21H18BrN3O3. The molecule has 142 valence electrons. The van der Waals surface area contributed by atoms with E-state index in [1.54, 1.807) is 19.3 Å². The SMILES string of the molecule is COC1=CC(c2cc3cc(Br)ccc3n2C(=O)O)=NC1=Cc1[nH]c(C)cc1C. The molecule has 3 aromatic rings. The van der Waals surface area contributed by atoms with Crippen LogP contribution in [0.5, 0.6) is 0 Å². The second-order valence-corrected chi connectivity index (χ2v) is 7.55. The molecule has 7 heteroatoms. The van der Waals surface area contributed by atoms with Crippen LogP contribution >= 0.6 is 15.9 Å². The van der Waals surface area contributed by atoms with Crippen molar-refractivity contribution in [1.29, 1.82) is 0 Å². The number of carbonyl (C=O) groups is 1. The van der Waals surface area contributed by atoms with Crippen LogP contribution in [0, 0.1) is 13.8 Å². The van der Waals surface area contributed by atoms with Crippen LogP contribution in [0.25, 0.3) is 17.0 Å². The van der Waals surface area contributed by atoms with Gasteiger partial charge in [-0.15, -0.1) is 0 Å². The van der Waals surface area contributed by atoms with E-state index in [1.165, 1.54) is 4.57 Å². The molecule has 3 heterocycles. The van der Waals surface area contributed by atoms with Crippen molar-refractivity contribution in [3.05, 3.63) is 75.0 Å². The second-order valence-electron chi connectivity index (χ2n) is 6.64. The highest BCUT2D eigenvalue weighted by Gasteiger charge is 2.23. The average molecular weight is 440 g/mol. The van der Waals surface area contributed by atoms with Gasteiger partial charge in [0.1, 0.15) is 11.5 Å². The highest BCUT2D eigenvalue weighted by molar-refractivity contribution is 9.10. The standard InChI is InChI=1S/C21H18BrN3O3/c1-11-6-12(2)23-15(11)9-17-20(28-3)10-16(24-17)19-8-13-7-14(22)4-5-18(13)25(19)21(26)27/h4-10,23H,1-3H3,(H,26,27). The predicted octanol–water partition coefficient (Wildman–Crippen LogP) is 5.25. The first kappa shape index (κ1) is 18.3. The second kappa shape index (κ2) is 6.83. The van der Waals surface area contributed by atoms with Crippen molar-refractivity contribution in [3.63, 3.8) is 0 Å². The molecule has 28 heavy (non-hydrogen) atoms. The minimum Gasteiger partial charge on any atom is -0.494 e. The highest BCUT2D eigenvalue weighted by Crippen LogP contribution is 2.29. The number of carboxylic acid groups (broad SMARTS) is 1. The van der Waals surface area contributed by atoms with E-state index in [4.69, 9.17) is 4.74 Å². The van der Waals surface area contributed by atoms with Gasteiger partial charge in [0, 0.05) is 27.3 Å². The van der Waals surface area contributed by atoms with Gasteiger partial charge >= 0.3 is 6.09 Å². The Balaban J connectivity index is 1.87. The Morgan fingerprint density at radius 2 is 2.07 bits per heavy atom. The summed E-state index contributed by atoms with van der Waals surface area (Å²) in [5.41, 5.74) is 5.40. The number of aliphatic imine (C=N–C) groups is 1. The number of allylic oxidation sites excluding steroid dienone is 1. The van der Waals surface area contributed by atoms with Gasteiger partial charge in [0.2, 0.25) is 0 Å². The summed E-state index contributed by atoms with van der Waals surface area (Å²) in [4.78, 5) is 19.9. The number of nitrogens with one attached hydrogen (secondary N) is 1.